The summed E-state index contributed by atoms with van der Waals surface area (Å²) < 4.78 is 2.52. The van der Waals surface area contributed by atoms with Crippen LogP contribution in [-0.2, 0) is 0 Å². The third kappa shape index (κ3) is 2.11. The number of hydrogen-bond acceptors (Lipinski definition) is 1. The summed E-state index contributed by atoms with van der Waals surface area (Å²) in [6, 6.07) is 0. The smallest absolute Gasteiger partial charge is 0.0703 e. The first-order valence-corrected chi connectivity index (χ1v) is 4.97. The van der Waals surface area contributed by atoms with Gasteiger partial charge >= 0.3 is 0 Å². The Morgan fingerprint density at radius 2 is 1.75 bits per heavy atom. The number of hydrogen-bond donors (Lipinski definition) is 0. The van der Waals surface area contributed by atoms with E-state index in [-0.39, 0.29) is 0 Å². The van der Waals surface area contributed by atoms with Crippen molar-refractivity contribution in [2.75, 3.05) is 0 Å². The second kappa shape index (κ2) is 2.80. The molecule has 0 unspecified atom stereocenters. The van der Waals surface area contributed by atoms with E-state index in [1.165, 1.54) is 27.2 Å². The van der Waals surface area contributed by atoms with Crippen LogP contribution >= 0.6 is 0 Å². The molecule has 0 saturated carbocycles. The molecule has 0 amide bonds. The molecule has 0 spiro atoms. The first-order valence-electron chi connectivity index (χ1n) is 3.18. The summed E-state index contributed by atoms with van der Waals surface area (Å²) in [6.45, 7) is 6.88. The molecule has 0 aromatic rings. The molecule has 0 aliphatic carbocycles. The van der Waals surface area contributed by atoms with Crippen molar-refractivity contribution in [1.82, 2.24) is 4.23 Å². The van der Waals surface area contributed by atoms with Gasteiger partial charge in [-0.25, -0.2) is 0 Å². The predicted octanol–water partition coefficient (Wildman–Crippen LogP) is -0.962. The summed E-state index contributed by atoms with van der Waals surface area (Å²) in [7, 11) is 2.46. The van der Waals surface area contributed by atoms with E-state index in [0.29, 0.717) is 5.54 Å². The van der Waals surface area contributed by atoms with Crippen LogP contribution in [0.1, 0.15) is 27.2 Å². The van der Waals surface area contributed by atoms with E-state index in [1.807, 2.05) is 0 Å². The van der Waals surface area contributed by atoms with Crippen LogP contribution in [0.25, 0.3) is 0 Å². The summed E-state index contributed by atoms with van der Waals surface area (Å²) in [4.78, 5) is 0. The van der Waals surface area contributed by atoms with Gasteiger partial charge in [0.05, 0.1) is 20.8 Å². The molecule has 0 rings (SSSR count). The molecule has 0 radical (unpaired) electrons. The second-order valence-corrected chi connectivity index (χ2v) is 7.53. The average Bonchev–Trinajstić information content (AvgIpc) is 1.67. The minimum atomic E-state index is 0.498. The molecule has 0 aliphatic heterocycles. The topological polar surface area (TPSA) is 3.24 Å². The van der Waals surface area contributed by atoms with Crippen molar-refractivity contribution in [2.24, 2.45) is 0 Å². The van der Waals surface area contributed by atoms with Gasteiger partial charge in [0.15, 0.2) is 0 Å². The van der Waals surface area contributed by atoms with Gasteiger partial charge in [-0.3, -0.25) is 0 Å². The van der Waals surface area contributed by atoms with Crippen LogP contribution in [0.2, 0.25) is 0 Å². The van der Waals surface area contributed by atoms with Crippen LogP contribution < -0.4 is 0 Å². The minimum absolute atomic E-state index is 0.498. The highest BCUT2D eigenvalue weighted by atomic mass is 28.2. The van der Waals surface area contributed by atoms with Gasteiger partial charge in [0.2, 0.25) is 0 Å². The number of nitrogens with zero attached hydrogens (tertiary/aromatic N) is 1. The van der Waals surface area contributed by atoms with Crippen molar-refractivity contribution in [3.63, 3.8) is 0 Å². The molecule has 50 valence electrons. The summed E-state index contributed by atoms with van der Waals surface area (Å²) in [6.07, 6.45) is 1.28. The lowest BCUT2D eigenvalue weighted by Gasteiger charge is -2.32. The Balaban J connectivity index is 3.71. The molecule has 0 aromatic heterocycles. The monoisotopic (exact) mass is 147 g/mol. The third-order valence-electron chi connectivity index (χ3n) is 2.08. The Kier molecular flexibility index (Phi) is 2.94. The van der Waals surface area contributed by atoms with Crippen LogP contribution in [0.5, 0.6) is 0 Å². The Hall–Kier alpha value is 0.394. The van der Waals surface area contributed by atoms with Crippen molar-refractivity contribution in [3.05, 3.63) is 0 Å². The molecule has 8 heavy (non-hydrogen) atoms. The quantitative estimate of drug-likeness (QED) is 0.455. The van der Waals surface area contributed by atoms with Crippen molar-refractivity contribution in [1.29, 1.82) is 0 Å². The molecule has 0 aromatic carbocycles. The molecule has 0 heterocycles. The maximum absolute atomic E-state index is 2.52. The molecule has 0 saturated heterocycles. The summed E-state index contributed by atoms with van der Waals surface area (Å²) in [5, 5.41) is 0. The maximum atomic E-state index is 2.52. The summed E-state index contributed by atoms with van der Waals surface area (Å²) >= 11 is 0. The molecular formula is C5H17NSi2. The van der Waals surface area contributed by atoms with E-state index in [2.05, 4.69) is 25.0 Å². The largest absolute Gasteiger partial charge is 0.356 e. The van der Waals surface area contributed by atoms with E-state index >= 15 is 0 Å². The Morgan fingerprint density at radius 3 is 1.75 bits per heavy atom. The molecule has 0 fully saturated rings. The SMILES string of the molecule is CCC(C)(C)N([SiH3])[SiH3]. The van der Waals surface area contributed by atoms with Gasteiger partial charge in [-0.15, -0.1) is 0 Å². The lowest BCUT2D eigenvalue weighted by atomic mass is 10.0. The minimum Gasteiger partial charge on any atom is -0.356 e. The van der Waals surface area contributed by atoms with Gasteiger partial charge < -0.3 is 4.23 Å². The fourth-order valence-electron chi connectivity index (χ4n) is 0.316. The van der Waals surface area contributed by atoms with Crippen LogP contribution in [0.15, 0.2) is 0 Å². The fraction of sp³-hybridized carbons (Fsp3) is 1.00. The van der Waals surface area contributed by atoms with Gasteiger partial charge in [0.1, 0.15) is 0 Å². The van der Waals surface area contributed by atoms with Gasteiger partial charge in [-0.1, -0.05) is 6.92 Å². The lowest BCUT2D eigenvalue weighted by Crippen LogP contribution is -2.39. The average molecular weight is 147 g/mol. The summed E-state index contributed by atoms with van der Waals surface area (Å²) in [5.74, 6) is 0. The molecule has 0 atom stereocenters. The molecular weight excluding hydrogens is 130 g/mol. The number of rotatable bonds is 2. The van der Waals surface area contributed by atoms with Crippen LogP contribution in [-0.4, -0.2) is 30.6 Å². The highest BCUT2D eigenvalue weighted by molar-refractivity contribution is 6.25. The molecule has 3 heteroatoms. The molecule has 0 aliphatic rings. The van der Waals surface area contributed by atoms with Crippen LogP contribution in [0.4, 0.5) is 0 Å². The molecule has 0 bridgehead atoms. The van der Waals surface area contributed by atoms with Crippen molar-refractivity contribution in [2.45, 2.75) is 32.7 Å². The third-order valence-corrected chi connectivity index (χ3v) is 4.50. The van der Waals surface area contributed by atoms with E-state index in [9.17, 15) is 0 Å². The van der Waals surface area contributed by atoms with Crippen molar-refractivity contribution in [3.8, 4) is 0 Å². The maximum Gasteiger partial charge on any atom is 0.0703 e. The van der Waals surface area contributed by atoms with E-state index in [0.717, 1.165) is 0 Å². The molecule has 0 N–H and O–H groups in total. The summed E-state index contributed by atoms with van der Waals surface area (Å²) in [5.41, 5.74) is 0.498. The molecule has 1 nitrogen and oxygen atoms in total. The van der Waals surface area contributed by atoms with E-state index < -0.39 is 0 Å². The lowest BCUT2D eigenvalue weighted by molar-refractivity contribution is 0.339. The zero-order chi connectivity index (χ0) is 6.78. The predicted molar refractivity (Wildman–Crippen MR) is 46.1 cm³/mol. The van der Waals surface area contributed by atoms with Gasteiger partial charge in [-0.05, 0) is 20.3 Å². The van der Waals surface area contributed by atoms with Crippen LogP contribution in [0, 0.1) is 0 Å². The zero-order valence-corrected chi connectivity index (χ0v) is 10.7. The Labute approximate surface area is 58.5 Å². The van der Waals surface area contributed by atoms with E-state index in [1.54, 1.807) is 0 Å². The zero-order valence-electron chi connectivity index (χ0n) is 6.65. The van der Waals surface area contributed by atoms with Gasteiger partial charge in [-0.2, -0.15) is 0 Å². The first kappa shape index (κ1) is 8.39. The normalized spacial score (nSPS) is 13.5. The second-order valence-electron chi connectivity index (χ2n) is 3.06. The highest BCUT2D eigenvalue weighted by Gasteiger charge is 2.15. The van der Waals surface area contributed by atoms with Crippen molar-refractivity contribution < 1.29 is 0 Å². The van der Waals surface area contributed by atoms with Gasteiger partial charge in [0.25, 0.3) is 0 Å². The van der Waals surface area contributed by atoms with Gasteiger partial charge in [0, 0.05) is 5.54 Å². The van der Waals surface area contributed by atoms with Crippen molar-refractivity contribution >= 4 is 20.8 Å². The van der Waals surface area contributed by atoms with Crippen LogP contribution in [0.3, 0.4) is 0 Å². The Morgan fingerprint density at radius 1 is 1.38 bits per heavy atom. The first-order chi connectivity index (χ1) is 3.50. The highest BCUT2D eigenvalue weighted by Crippen LogP contribution is 2.11. The fourth-order valence-corrected chi connectivity index (χ4v) is 0.949. The van der Waals surface area contributed by atoms with E-state index in [4.69, 9.17) is 0 Å². The Bertz CT molecular complexity index is 70.8. The standard InChI is InChI=1S/C5H17NSi2/c1-4-5(2,3)6(7)8/h4H2,1-3,7-8H3.